The Kier molecular flexibility index (Phi) is 4.69. The van der Waals surface area contributed by atoms with Gasteiger partial charge in [0.25, 0.3) is 10.0 Å². The normalized spacial score (nSPS) is 11.6. The van der Waals surface area contributed by atoms with E-state index < -0.39 is 21.8 Å². The van der Waals surface area contributed by atoms with Crippen molar-refractivity contribution in [3.8, 4) is 5.75 Å². The third-order valence-corrected chi connectivity index (χ3v) is 5.69. The number of ether oxygens (including phenoxy) is 1. The summed E-state index contributed by atoms with van der Waals surface area (Å²) < 4.78 is 45.6. The first-order valence-corrected chi connectivity index (χ1v) is 9.18. The summed E-state index contributed by atoms with van der Waals surface area (Å²) in [6, 6.07) is 9.59. The smallest absolute Gasteiger partial charge is 0.303 e. The molecule has 0 aliphatic heterocycles. The van der Waals surface area contributed by atoms with Gasteiger partial charge in [0, 0.05) is 18.0 Å². The van der Waals surface area contributed by atoms with Crippen LogP contribution in [0, 0.1) is 5.82 Å². The Morgan fingerprint density at radius 1 is 1.23 bits per heavy atom. The molecule has 0 unspecified atom stereocenters. The van der Waals surface area contributed by atoms with Crippen molar-refractivity contribution in [2.24, 2.45) is 0 Å². The molecule has 0 spiro atoms. The molecule has 0 bridgehead atoms. The van der Waals surface area contributed by atoms with Crippen LogP contribution < -0.4 is 4.74 Å². The summed E-state index contributed by atoms with van der Waals surface area (Å²) in [5, 5.41) is 9.51. The lowest BCUT2D eigenvalue weighted by Crippen LogP contribution is -2.12. The van der Waals surface area contributed by atoms with Crippen LogP contribution in [0.2, 0.25) is 0 Å². The largest absolute Gasteiger partial charge is 0.497 e. The van der Waals surface area contributed by atoms with Gasteiger partial charge >= 0.3 is 5.97 Å². The fourth-order valence-electron chi connectivity index (χ4n) is 2.75. The highest BCUT2D eigenvalue weighted by atomic mass is 32.2. The molecule has 0 saturated heterocycles. The first kappa shape index (κ1) is 17.9. The van der Waals surface area contributed by atoms with Crippen LogP contribution in [0.4, 0.5) is 4.39 Å². The second-order valence-electron chi connectivity index (χ2n) is 5.69. The third kappa shape index (κ3) is 3.28. The SMILES string of the molecule is COc1ccc2c(c1)c(CCC(=O)O)cn2S(=O)(=O)c1cccc(F)c1. The molecule has 3 rings (SSSR count). The average Bonchev–Trinajstić information content (AvgIpc) is 2.98. The number of nitrogens with zero attached hydrogens (tertiary/aromatic N) is 1. The highest BCUT2D eigenvalue weighted by Gasteiger charge is 2.22. The molecule has 1 heterocycles. The van der Waals surface area contributed by atoms with E-state index in [0.717, 1.165) is 16.1 Å². The van der Waals surface area contributed by atoms with E-state index in [0.29, 0.717) is 22.2 Å². The van der Waals surface area contributed by atoms with Crippen LogP contribution in [0.25, 0.3) is 10.9 Å². The van der Waals surface area contributed by atoms with Crippen LogP contribution in [-0.4, -0.2) is 30.6 Å². The summed E-state index contributed by atoms with van der Waals surface area (Å²) in [5.41, 5.74) is 0.928. The summed E-state index contributed by atoms with van der Waals surface area (Å²) in [6.07, 6.45) is 1.40. The summed E-state index contributed by atoms with van der Waals surface area (Å²) >= 11 is 0. The Bertz CT molecular complexity index is 1090. The van der Waals surface area contributed by atoms with Crippen molar-refractivity contribution in [1.82, 2.24) is 3.97 Å². The van der Waals surface area contributed by atoms with Gasteiger partial charge in [-0.15, -0.1) is 0 Å². The van der Waals surface area contributed by atoms with Gasteiger partial charge in [0.1, 0.15) is 11.6 Å². The van der Waals surface area contributed by atoms with Gasteiger partial charge in [-0.1, -0.05) is 6.07 Å². The van der Waals surface area contributed by atoms with Crippen molar-refractivity contribution in [3.63, 3.8) is 0 Å². The molecule has 0 aliphatic carbocycles. The fraction of sp³-hybridized carbons (Fsp3) is 0.167. The maximum Gasteiger partial charge on any atom is 0.303 e. The van der Waals surface area contributed by atoms with Gasteiger partial charge in [0.05, 0.1) is 17.5 Å². The quantitative estimate of drug-likeness (QED) is 0.714. The maximum atomic E-state index is 13.5. The molecular weight excluding hydrogens is 361 g/mol. The zero-order valence-corrected chi connectivity index (χ0v) is 14.7. The molecule has 0 atom stereocenters. The predicted octanol–water partition coefficient (Wildman–Crippen LogP) is 3.04. The number of halogens is 1. The van der Waals surface area contributed by atoms with Gasteiger partial charge in [-0.2, -0.15) is 0 Å². The van der Waals surface area contributed by atoms with Crippen molar-refractivity contribution in [2.45, 2.75) is 17.7 Å². The molecule has 0 fully saturated rings. The number of carboxylic acids is 1. The van der Waals surface area contributed by atoms with Gasteiger partial charge in [0.15, 0.2) is 0 Å². The number of aliphatic carboxylic acids is 1. The van der Waals surface area contributed by atoms with Crippen molar-refractivity contribution in [2.75, 3.05) is 7.11 Å². The first-order chi connectivity index (χ1) is 12.3. The Labute approximate surface area is 149 Å². The highest BCUT2D eigenvalue weighted by molar-refractivity contribution is 7.90. The molecule has 8 heteroatoms. The van der Waals surface area contributed by atoms with E-state index in [9.17, 15) is 17.6 Å². The molecule has 136 valence electrons. The van der Waals surface area contributed by atoms with Crippen molar-refractivity contribution in [3.05, 3.63) is 60.0 Å². The van der Waals surface area contributed by atoms with Crippen molar-refractivity contribution >= 4 is 26.9 Å². The maximum absolute atomic E-state index is 13.5. The Morgan fingerprint density at radius 3 is 2.65 bits per heavy atom. The Morgan fingerprint density at radius 2 is 2.00 bits per heavy atom. The van der Waals surface area contributed by atoms with Gasteiger partial charge in [-0.3, -0.25) is 4.79 Å². The topological polar surface area (TPSA) is 85.6 Å². The van der Waals surface area contributed by atoms with Crippen LogP contribution in [-0.2, 0) is 21.2 Å². The number of carbonyl (C=O) groups is 1. The van der Waals surface area contributed by atoms with Crippen LogP contribution in [0.15, 0.2) is 53.6 Å². The molecular formula is C18H16FNO5S. The molecule has 1 aromatic heterocycles. The van der Waals surface area contributed by atoms with E-state index in [1.807, 2.05) is 0 Å². The molecule has 26 heavy (non-hydrogen) atoms. The Hall–Kier alpha value is -2.87. The summed E-state index contributed by atoms with van der Waals surface area (Å²) in [4.78, 5) is 10.7. The van der Waals surface area contributed by atoms with Gasteiger partial charge in [0.2, 0.25) is 0 Å². The number of aromatic nitrogens is 1. The fourth-order valence-corrected chi connectivity index (χ4v) is 4.18. The zero-order chi connectivity index (χ0) is 18.9. The average molecular weight is 377 g/mol. The van der Waals surface area contributed by atoms with E-state index in [1.54, 1.807) is 18.2 Å². The number of fused-ring (bicyclic) bond motifs is 1. The second-order valence-corrected chi connectivity index (χ2v) is 7.50. The monoisotopic (exact) mass is 377 g/mol. The first-order valence-electron chi connectivity index (χ1n) is 7.74. The molecule has 6 nitrogen and oxygen atoms in total. The third-order valence-electron chi connectivity index (χ3n) is 4.02. The number of rotatable bonds is 6. The lowest BCUT2D eigenvalue weighted by molar-refractivity contribution is -0.136. The summed E-state index contributed by atoms with van der Waals surface area (Å²) in [7, 11) is -2.55. The van der Waals surface area contributed by atoms with E-state index >= 15 is 0 Å². The number of carboxylic acid groups (broad SMARTS) is 1. The van der Waals surface area contributed by atoms with Crippen LogP contribution in [0.3, 0.4) is 0 Å². The predicted molar refractivity (Wildman–Crippen MR) is 93.4 cm³/mol. The van der Waals surface area contributed by atoms with Crippen molar-refractivity contribution in [1.29, 1.82) is 0 Å². The molecule has 2 aromatic carbocycles. The minimum Gasteiger partial charge on any atom is -0.497 e. The van der Waals surface area contributed by atoms with E-state index in [4.69, 9.17) is 9.84 Å². The summed E-state index contributed by atoms with van der Waals surface area (Å²) in [6.45, 7) is 0. The standard InChI is InChI=1S/C18H16FNO5S/c1-25-14-6-7-17-16(10-14)12(5-8-18(21)22)11-20(17)26(23,24)15-4-2-3-13(19)9-15/h2-4,6-7,9-11H,5,8H2,1H3,(H,21,22). The molecule has 1 N–H and O–H groups in total. The van der Waals surface area contributed by atoms with E-state index in [1.165, 1.54) is 25.4 Å². The molecule has 0 radical (unpaired) electrons. The summed E-state index contributed by atoms with van der Waals surface area (Å²) in [5.74, 6) is -1.12. The highest BCUT2D eigenvalue weighted by Crippen LogP contribution is 2.30. The zero-order valence-electron chi connectivity index (χ0n) is 13.8. The molecule has 0 saturated carbocycles. The van der Waals surface area contributed by atoms with E-state index in [2.05, 4.69) is 0 Å². The number of hydrogen-bond acceptors (Lipinski definition) is 4. The molecule has 3 aromatic rings. The number of methoxy groups -OCH3 is 1. The lowest BCUT2D eigenvalue weighted by Gasteiger charge is -2.08. The van der Waals surface area contributed by atoms with Crippen molar-refractivity contribution < 1.29 is 27.4 Å². The Balaban J connectivity index is 2.21. The number of aryl methyl sites for hydroxylation is 1. The van der Waals surface area contributed by atoms with Gasteiger partial charge in [-0.05, 0) is 48.4 Å². The van der Waals surface area contributed by atoms with Gasteiger partial charge < -0.3 is 9.84 Å². The lowest BCUT2D eigenvalue weighted by atomic mass is 10.1. The minimum absolute atomic E-state index is 0.143. The molecule has 0 amide bonds. The van der Waals surface area contributed by atoms with Crippen LogP contribution in [0.1, 0.15) is 12.0 Å². The van der Waals surface area contributed by atoms with Crippen LogP contribution >= 0.6 is 0 Å². The number of benzene rings is 2. The minimum atomic E-state index is -4.04. The van der Waals surface area contributed by atoms with Gasteiger partial charge in [-0.25, -0.2) is 16.8 Å². The molecule has 0 aliphatic rings. The van der Waals surface area contributed by atoms with Crippen LogP contribution in [0.5, 0.6) is 5.75 Å². The second kappa shape index (κ2) is 6.80. The number of hydrogen-bond donors (Lipinski definition) is 1. The van der Waals surface area contributed by atoms with E-state index in [-0.39, 0.29) is 17.7 Å².